The third kappa shape index (κ3) is 3.44. The van der Waals surface area contributed by atoms with Crippen LogP contribution in [0.5, 0.6) is 0 Å². The zero-order valence-electron chi connectivity index (χ0n) is 12.4. The van der Waals surface area contributed by atoms with Crippen molar-refractivity contribution in [3.05, 3.63) is 57.6 Å². The average Bonchev–Trinajstić information content (AvgIpc) is 2.53. The van der Waals surface area contributed by atoms with Crippen LogP contribution in [-0.2, 0) is 17.3 Å². The van der Waals surface area contributed by atoms with Crippen molar-refractivity contribution < 1.29 is 27.1 Å². The van der Waals surface area contributed by atoms with Crippen LogP contribution in [0.3, 0.4) is 0 Å². The molecule has 0 atom stereocenters. The molecule has 0 bridgehead atoms. The molecule has 0 unspecified atom stereocenters. The summed E-state index contributed by atoms with van der Waals surface area (Å²) < 4.78 is 47.4. The molecule has 0 saturated carbocycles. The SMILES string of the molecule is CCc1oc(=O)c(C(=O)OC)cc1-c1ccc(C(F)(F)F)cc1. The summed E-state index contributed by atoms with van der Waals surface area (Å²) in [4.78, 5) is 23.3. The first-order valence-corrected chi connectivity index (χ1v) is 6.71. The monoisotopic (exact) mass is 326 g/mol. The molecule has 0 radical (unpaired) electrons. The lowest BCUT2D eigenvalue weighted by molar-refractivity contribution is -0.137. The van der Waals surface area contributed by atoms with Crippen LogP contribution in [0.4, 0.5) is 13.2 Å². The second-order valence-electron chi connectivity index (χ2n) is 4.70. The van der Waals surface area contributed by atoms with E-state index in [1.807, 2.05) is 0 Å². The molecule has 1 heterocycles. The molecule has 0 aliphatic heterocycles. The van der Waals surface area contributed by atoms with Gasteiger partial charge in [-0.3, -0.25) is 0 Å². The van der Waals surface area contributed by atoms with Gasteiger partial charge >= 0.3 is 17.8 Å². The molecule has 0 spiro atoms. The van der Waals surface area contributed by atoms with Crippen LogP contribution in [0.25, 0.3) is 11.1 Å². The zero-order valence-corrected chi connectivity index (χ0v) is 12.4. The van der Waals surface area contributed by atoms with Crippen molar-refractivity contribution in [2.24, 2.45) is 0 Å². The maximum atomic E-state index is 12.6. The smallest absolute Gasteiger partial charge is 0.416 e. The number of hydrogen-bond acceptors (Lipinski definition) is 4. The number of esters is 1. The summed E-state index contributed by atoms with van der Waals surface area (Å²) in [5.41, 5.74) is -1.15. The number of hydrogen-bond donors (Lipinski definition) is 0. The Morgan fingerprint density at radius 2 is 1.83 bits per heavy atom. The fraction of sp³-hybridized carbons (Fsp3) is 0.250. The molecule has 0 aliphatic carbocycles. The highest BCUT2D eigenvalue weighted by Gasteiger charge is 2.30. The van der Waals surface area contributed by atoms with Crippen molar-refractivity contribution >= 4 is 5.97 Å². The van der Waals surface area contributed by atoms with Crippen molar-refractivity contribution in [2.45, 2.75) is 19.5 Å². The number of methoxy groups -OCH3 is 1. The van der Waals surface area contributed by atoms with E-state index < -0.39 is 23.3 Å². The molecular formula is C16H13F3O4. The Morgan fingerprint density at radius 3 is 2.30 bits per heavy atom. The minimum atomic E-state index is -4.44. The molecule has 0 N–H and O–H groups in total. The Kier molecular flexibility index (Phi) is 4.58. The number of ether oxygens (including phenoxy) is 1. The van der Waals surface area contributed by atoms with Crippen LogP contribution in [0, 0.1) is 0 Å². The Balaban J connectivity index is 2.57. The number of rotatable bonds is 3. The topological polar surface area (TPSA) is 56.5 Å². The van der Waals surface area contributed by atoms with Crippen molar-refractivity contribution in [3.63, 3.8) is 0 Å². The van der Waals surface area contributed by atoms with Crippen LogP contribution in [-0.4, -0.2) is 13.1 Å². The highest BCUT2D eigenvalue weighted by molar-refractivity contribution is 5.90. The van der Waals surface area contributed by atoms with E-state index in [1.165, 1.54) is 18.2 Å². The molecule has 7 heteroatoms. The lowest BCUT2D eigenvalue weighted by Gasteiger charge is -2.10. The predicted molar refractivity (Wildman–Crippen MR) is 76.1 cm³/mol. The molecule has 23 heavy (non-hydrogen) atoms. The number of carbonyl (C=O) groups excluding carboxylic acids is 1. The van der Waals surface area contributed by atoms with Gasteiger partial charge in [-0.15, -0.1) is 0 Å². The van der Waals surface area contributed by atoms with Crippen LogP contribution >= 0.6 is 0 Å². The Hall–Kier alpha value is -2.57. The van der Waals surface area contributed by atoms with E-state index >= 15 is 0 Å². The minimum Gasteiger partial charge on any atom is -0.465 e. The fourth-order valence-electron chi connectivity index (χ4n) is 2.10. The fourth-order valence-corrected chi connectivity index (χ4v) is 2.10. The van der Waals surface area contributed by atoms with E-state index in [1.54, 1.807) is 6.92 Å². The van der Waals surface area contributed by atoms with Gasteiger partial charge in [0, 0.05) is 12.0 Å². The summed E-state index contributed by atoms with van der Waals surface area (Å²) in [6.07, 6.45) is -4.10. The summed E-state index contributed by atoms with van der Waals surface area (Å²) in [7, 11) is 1.12. The van der Waals surface area contributed by atoms with E-state index in [0.29, 0.717) is 17.5 Å². The molecule has 0 aliphatic rings. The number of halogens is 3. The van der Waals surface area contributed by atoms with Gasteiger partial charge < -0.3 is 9.15 Å². The summed E-state index contributed by atoms with van der Waals surface area (Å²) in [5.74, 6) is -0.586. The highest BCUT2D eigenvalue weighted by atomic mass is 19.4. The second-order valence-corrected chi connectivity index (χ2v) is 4.70. The Labute approximate surface area is 129 Å². The maximum absolute atomic E-state index is 12.6. The quantitative estimate of drug-likeness (QED) is 0.808. The molecule has 0 saturated heterocycles. The summed E-state index contributed by atoms with van der Waals surface area (Å²) in [6, 6.07) is 5.66. The Morgan fingerprint density at radius 1 is 1.22 bits per heavy atom. The summed E-state index contributed by atoms with van der Waals surface area (Å²) in [6.45, 7) is 1.73. The first kappa shape index (κ1) is 16.8. The highest BCUT2D eigenvalue weighted by Crippen LogP contribution is 2.32. The largest absolute Gasteiger partial charge is 0.465 e. The van der Waals surface area contributed by atoms with Crippen LogP contribution in [0.2, 0.25) is 0 Å². The molecule has 1 aromatic carbocycles. The molecule has 0 fully saturated rings. The van der Waals surface area contributed by atoms with Gasteiger partial charge in [0.05, 0.1) is 12.7 Å². The molecule has 122 valence electrons. The van der Waals surface area contributed by atoms with Gasteiger partial charge in [0.25, 0.3) is 0 Å². The number of benzene rings is 1. The third-order valence-electron chi connectivity index (χ3n) is 3.27. The second kappa shape index (κ2) is 6.28. The zero-order chi connectivity index (χ0) is 17.2. The summed E-state index contributed by atoms with van der Waals surface area (Å²) >= 11 is 0. The van der Waals surface area contributed by atoms with Crippen LogP contribution in [0.15, 0.2) is 39.5 Å². The van der Waals surface area contributed by atoms with E-state index in [2.05, 4.69) is 4.74 Å². The van der Waals surface area contributed by atoms with Crippen molar-refractivity contribution in [1.82, 2.24) is 0 Å². The van der Waals surface area contributed by atoms with Gasteiger partial charge in [0.15, 0.2) is 0 Å². The van der Waals surface area contributed by atoms with Gasteiger partial charge in [0.2, 0.25) is 0 Å². The lowest BCUT2D eigenvalue weighted by atomic mass is 10.0. The molecular weight excluding hydrogens is 313 g/mol. The maximum Gasteiger partial charge on any atom is 0.416 e. The van der Waals surface area contributed by atoms with Gasteiger partial charge in [-0.1, -0.05) is 19.1 Å². The number of alkyl halides is 3. The Bertz CT molecular complexity index is 773. The molecule has 4 nitrogen and oxygen atoms in total. The molecule has 2 rings (SSSR count). The first-order valence-electron chi connectivity index (χ1n) is 6.71. The predicted octanol–water partition coefficient (Wildman–Crippen LogP) is 3.67. The standard InChI is InChI=1S/C16H13F3O4/c1-3-13-11(8-12(14(20)22-2)15(21)23-13)9-4-6-10(7-5-9)16(17,18)19/h4-8H,3H2,1-2H3. The first-order chi connectivity index (χ1) is 10.8. The van der Waals surface area contributed by atoms with E-state index in [-0.39, 0.29) is 11.3 Å². The summed E-state index contributed by atoms with van der Waals surface area (Å²) in [5, 5.41) is 0. The van der Waals surface area contributed by atoms with Crippen LogP contribution in [0.1, 0.15) is 28.6 Å². The van der Waals surface area contributed by atoms with Crippen LogP contribution < -0.4 is 5.63 Å². The van der Waals surface area contributed by atoms with E-state index in [0.717, 1.165) is 19.2 Å². The van der Waals surface area contributed by atoms with Gasteiger partial charge in [-0.2, -0.15) is 13.2 Å². The number of carbonyl (C=O) groups is 1. The molecule has 0 amide bonds. The minimum absolute atomic E-state index is 0.280. The lowest BCUT2D eigenvalue weighted by Crippen LogP contribution is -2.16. The van der Waals surface area contributed by atoms with Gasteiger partial charge in [0.1, 0.15) is 11.3 Å². The van der Waals surface area contributed by atoms with Crippen molar-refractivity contribution in [2.75, 3.05) is 7.11 Å². The number of aryl methyl sites for hydroxylation is 1. The van der Waals surface area contributed by atoms with E-state index in [9.17, 15) is 22.8 Å². The van der Waals surface area contributed by atoms with Gasteiger partial charge in [-0.05, 0) is 23.8 Å². The van der Waals surface area contributed by atoms with Crippen molar-refractivity contribution in [1.29, 1.82) is 0 Å². The average molecular weight is 326 g/mol. The van der Waals surface area contributed by atoms with E-state index in [4.69, 9.17) is 4.42 Å². The van der Waals surface area contributed by atoms with Crippen molar-refractivity contribution in [3.8, 4) is 11.1 Å². The van der Waals surface area contributed by atoms with Gasteiger partial charge in [-0.25, -0.2) is 9.59 Å². The third-order valence-corrected chi connectivity index (χ3v) is 3.27. The molecule has 1 aromatic heterocycles. The molecule has 2 aromatic rings. The normalized spacial score (nSPS) is 11.3.